The van der Waals surface area contributed by atoms with Crippen LogP contribution in [0.4, 0.5) is 17.1 Å². The molecule has 0 spiro atoms. The second-order valence-electron chi connectivity index (χ2n) is 12.4. The highest BCUT2D eigenvalue weighted by atomic mass is 16.5. The van der Waals surface area contributed by atoms with Crippen LogP contribution in [0.1, 0.15) is 102 Å². The van der Waals surface area contributed by atoms with E-state index >= 15 is 0 Å². The number of carbonyl (C=O) groups is 1. The number of unbranched alkanes of at least 4 members (excludes halogenated alkanes) is 9. The summed E-state index contributed by atoms with van der Waals surface area (Å²) in [5.41, 5.74) is 6.60. The van der Waals surface area contributed by atoms with Crippen LogP contribution in [0.25, 0.3) is 6.08 Å². The van der Waals surface area contributed by atoms with E-state index in [9.17, 15) is 4.79 Å². The molecular weight excluding hydrogens is 542 g/mol. The third-order valence-electron chi connectivity index (χ3n) is 8.03. The maximum atomic E-state index is 13.4. The quantitative estimate of drug-likeness (QED) is 0.123. The first kappa shape index (κ1) is 33.0. The van der Waals surface area contributed by atoms with Crippen LogP contribution in [0.2, 0.25) is 0 Å². The van der Waals surface area contributed by atoms with Gasteiger partial charge in [-0.2, -0.15) is 0 Å². The van der Waals surface area contributed by atoms with Crippen LogP contribution in [0.3, 0.4) is 0 Å². The molecule has 3 aromatic rings. The standard InChI is InChI=1S/C39H51N3O2/c1-6-7-8-9-10-11-12-13-14-15-28-41-38(43)37(44-39(41)40-30(2)3)29-33-20-26-36(27-21-33)42(34-22-16-31(4)17-23-34)35-24-18-32(5)19-25-35/h16-27,29-30H,6-15,28H2,1-5H3/b37-29+,40-39?. The Labute approximate surface area is 265 Å². The van der Waals surface area contributed by atoms with Crippen molar-refractivity contribution in [2.45, 2.75) is 105 Å². The SMILES string of the molecule is CCCCCCCCCCCCN1C(=O)/C(=C\c2ccc(N(c3ccc(C)cc3)c3ccc(C)cc3)cc2)OC1=NC(C)C. The first-order valence-corrected chi connectivity index (χ1v) is 16.7. The van der Waals surface area contributed by atoms with E-state index in [2.05, 4.69) is 91.3 Å². The molecule has 0 unspecified atom stereocenters. The predicted molar refractivity (Wildman–Crippen MR) is 186 cm³/mol. The molecule has 1 heterocycles. The fraction of sp³-hybridized carbons (Fsp3) is 0.436. The van der Waals surface area contributed by atoms with Crippen LogP contribution in [0.5, 0.6) is 0 Å². The van der Waals surface area contributed by atoms with Gasteiger partial charge >= 0.3 is 6.02 Å². The zero-order valence-electron chi connectivity index (χ0n) is 27.5. The van der Waals surface area contributed by atoms with E-state index in [0.717, 1.165) is 35.5 Å². The summed E-state index contributed by atoms with van der Waals surface area (Å²) in [5.74, 6) is 0.225. The minimum Gasteiger partial charge on any atom is -0.420 e. The van der Waals surface area contributed by atoms with Crippen molar-refractivity contribution < 1.29 is 9.53 Å². The lowest BCUT2D eigenvalue weighted by atomic mass is 10.1. The number of amidine groups is 1. The van der Waals surface area contributed by atoms with E-state index in [0.29, 0.717) is 18.3 Å². The normalized spacial score (nSPS) is 15.0. The number of anilines is 3. The van der Waals surface area contributed by atoms with E-state index in [1.165, 1.54) is 62.5 Å². The molecule has 1 fully saturated rings. The Morgan fingerprint density at radius 2 is 1.16 bits per heavy atom. The van der Waals surface area contributed by atoms with Gasteiger partial charge in [-0.3, -0.25) is 9.69 Å². The summed E-state index contributed by atoms with van der Waals surface area (Å²) < 4.78 is 6.06. The number of ether oxygens (including phenoxy) is 1. The number of hydrogen-bond donors (Lipinski definition) is 0. The molecule has 234 valence electrons. The van der Waals surface area contributed by atoms with Crippen LogP contribution in [-0.2, 0) is 9.53 Å². The highest BCUT2D eigenvalue weighted by Gasteiger charge is 2.34. The second kappa shape index (κ2) is 16.8. The van der Waals surface area contributed by atoms with Gasteiger partial charge in [-0.25, -0.2) is 4.99 Å². The molecule has 0 N–H and O–H groups in total. The van der Waals surface area contributed by atoms with Crippen LogP contribution in [0.15, 0.2) is 83.5 Å². The Hall–Kier alpha value is -3.86. The van der Waals surface area contributed by atoms with Gasteiger partial charge in [0.1, 0.15) is 0 Å². The largest absolute Gasteiger partial charge is 0.420 e. The van der Waals surface area contributed by atoms with Crippen molar-refractivity contribution in [3.05, 3.63) is 95.2 Å². The smallest absolute Gasteiger partial charge is 0.300 e. The molecule has 0 aliphatic carbocycles. The molecule has 44 heavy (non-hydrogen) atoms. The molecule has 1 aliphatic heterocycles. The van der Waals surface area contributed by atoms with Crippen molar-refractivity contribution >= 4 is 35.1 Å². The molecule has 5 heteroatoms. The molecule has 1 amide bonds. The average molecular weight is 594 g/mol. The van der Waals surface area contributed by atoms with Gasteiger partial charge in [0.2, 0.25) is 0 Å². The summed E-state index contributed by atoms with van der Waals surface area (Å²) in [5, 5.41) is 0. The highest BCUT2D eigenvalue weighted by Crippen LogP contribution is 2.35. The lowest BCUT2D eigenvalue weighted by Gasteiger charge is -2.25. The Bertz CT molecular complexity index is 1330. The molecule has 1 aliphatic rings. The fourth-order valence-electron chi connectivity index (χ4n) is 5.49. The molecule has 0 atom stereocenters. The van der Waals surface area contributed by atoms with Crippen molar-refractivity contribution in [3.63, 3.8) is 0 Å². The van der Waals surface area contributed by atoms with Gasteiger partial charge in [-0.05, 0) is 82.2 Å². The van der Waals surface area contributed by atoms with Crippen molar-refractivity contribution in [2.75, 3.05) is 11.4 Å². The summed E-state index contributed by atoms with van der Waals surface area (Å²) in [6.07, 6.45) is 14.4. The van der Waals surface area contributed by atoms with Gasteiger partial charge < -0.3 is 9.64 Å². The third kappa shape index (κ3) is 9.57. The maximum Gasteiger partial charge on any atom is 0.300 e. The first-order chi connectivity index (χ1) is 21.4. The zero-order valence-corrected chi connectivity index (χ0v) is 27.5. The summed E-state index contributed by atoms with van der Waals surface area (Å²) in [4.78, 5) is 22.0. The number of carbonyl (C=O) groups excluding carboxylic acids is 1. The van der Waals surface area contributed by atoms with Gasteiger partial charge in [-0.15, -0.1) is 0 Å². The van der Waals surface area contributed by atoms with Gasteiger partial charge in [0, 0.05) is 29.6 Å². The Morgan fingerprint density at radius 3 is 1.64 bits per heavy atom. The Balaban J connectivity index is 1.42. The van der Waals surface area contributed by atoms with Crippen molar-refractivity contribution in [3.8, 4) is 0 Å². The van der Waals surface area contributed by atoms with Crippen molar-refractivity contribution in [1.29, 1.82) is 0 Å². The Morgan fingerprint density at radius 1 is 0.705 bits per heavy atom. The number of hydrogen-bond acceptors (Lipinski definition) is 4. The average Bonchev–Trinajstić information content (AvgIpc) is 3.29. The van der Waals surface area contributed by atoms with E-state index in [1.54, 1.807) is 4.90 Å². The molecule has 4 rings (SSSR count). The van der Waals surface area contributed by atoms with Crippen LogP contribution < -0.4 is 4.90 Å². The monoisotopic (exact) mass is 593 g/mol. The van der Waals surface area contributed by atoms with E-state index in [4.69, 9.17) is 4.74 Å². The molecule has 5 nitrogen and oxygen atoms in total. The number of aryl methyl sites for hydroxylation is 2. The number of benzene rings is 3. The lowest BCUT2D eigenvalue weighted by Crippen LogP contribution is -2.31. The van der Waals surface area contributed by atoms with Crippen LogP contribution in [-0.4, -0.2) is 29.4 Å². The highest BCUT2D eigenvalue weighted by molar-refractivity contribution is 6.11. The van der Waals surface area contributed by atoms with E-state index in [1.807, 2.05) is 32.1 Å². The Kier molecular flexibility index (Phi) is 12.6. The van der Waals surface area contributed by atoms with Gasteiger partial charge in [0.05, 0.1) is 0 Å². The predicted octanol–water partition coefficient (Wildman–Crippen LogP) is 10.7. The number of aliphatic imine (C=N–C) groups is 1. The second-order valence-corrected chi connectivity index (χ2v) is 12.4. The number of rotatable bonds is 16. The molecule has 0 bridgehead atoms. The molecule has 1 saturated heterocycles. The fourth-order valence-corrected chi connectivity index (χ4v) is 5.49. The molecule has 3 aromatic carbocycles. The zero-order chi connectivity index (χ0) is 31.3. The molecular formula is C39H51N3O2. The van der Waals surface area contributed by atoms with Crippen molar-refractivity contribution in [2.24, 2.45) is 4.99 Å². The molecule has 0 saturated carbocycles. The van der Waals surface area contributed by atoms with Gasteiger partial charge in [-0.1, -0.05) is 112 Å². The maximum absolute atomic E-state index is 13.4. The first-order valence-electron chi connectivity index (χ1n) is 16.7. The number of nitrogens with zero attached hydrogens (tertiary/aromatic N) is 3. The number of amides is 1. The van der Waals surface area contributed by atoms with Gasteiger partial charge in [0.25, 0.3) is 5.91 Å². The van der Waals surface area contributed by atoms with Gasteiger partial charge in [0.15, 0.2) is 5.76 Å². The summed E-state index contributed by atoms with van der Waals surface area (Å²) in [6.45, 7) is 11.1. The summed E-state index contributed by atoms with van der Waals surface area (Å²) >= 11 is 0. The van der Waals surface area contributed by atoms with E-state index in [-0.39, 0.29) is 11.9 Å². The summed E-state index contributed by atoms with van der Waals surface area (Å²) in [7, 11) is 0. The minimum atomic E-state index is -0.106. The third-order valence-corrected chi connectivity index (χ3v) is 8.03. The molecule has 0 radical (unpaired) electrons. The van der Waals surface area contributed by atoms with Crippen LogP contribution in [0, 0.1) is 13.8 Å². The lowest BCUT2D eigenvalue weighted by molar-refractivity contribution is -0.122. The van der Waals surface area contributed by atoms with Crippen molar-refractivity contribution in [1.82, 2.24) is 4.90 Å². The van der Waals surface area contributed by atoms with E-state index < -0.39 is 0 Å². The van der Waals surface area contributed by atoms with Crippen LogP contribution >= 0.6 is 0 Å². The molecule has 0 aromatic heterocycles. The summed E-state index contributed by atoms with van der Waals surface area (Å²) in [6, 6.07) is 25.9. The topological polar surface area (TPSA) is 45.1 Å². The minimum absolute atomic E-state index is 0.0428.